The molecule has 29 heavy (non-hydrogen) atoms. The molecule has 0 spiro atoms. The Morgan fingerprint density at radius 2 is 1.34 bits per heavy atom. The van der Waals surface area contributed by atoms with Crippen LogP contribution in [0, 0.1) is 0 Å². The average Bonchev–Trinajstić information content (AvgIpc) is 3.12. The van der Waals surface area contributed by atoms with Gasteiger partial charge in [-0.25, -0.2) is 0 Å². The van der Waals surface area contributed by atoms with Crippen molar-refractivity contribution in [3.63, 3.8) is 0 Å². The molecule has 3 heteroatoms. The summed E-state index contributed by atoms with van der Waals surface area (Å²) in [5.74, 6) is 0. The summed E-state index contributed by atoms with van der Waals surface area (Å²) in [7, 11) is 0. The lowest BCUT2D eigenvalue weighted by Crippen LogP contribution is -3.14. The van der Waals surface area contributed by atoms with E-state index in [-0.39, 0.29) is 0 Å². The van der Waals surface area contributed by atoms with Gasteiger partial charge in [0.1, 0.15) is 6.04 Å². The van der Waals surface area contributed by atoms with E-state index in [2.05, 4.69) is 89.0 Å². The molecule has 2 aliphatic rings. The molecule has 1 fully saturated rings. The van der Waals surface area contributed by atoms with Gasteiger partial charge in [0.25, 0.3) is 0 Å². The van der Waals surface area contributed by atoms with E-state index in [0.717, 1.165) is 26.2 Å². The molecule has 5 rings (SSSR count). The fraction of sp³-hybridized carbons (Fsp3) is 0.192. The minimum absolute atomic E-state index is 0.450. The predicted octanol–water partition coefficient (Wildman–Crippen LogP) is 3.66. The minimum Gasteiger partial charge on any atom is -0.322 e. The number of rotatable bonds is 4. The molecule has 1 aliphatic carbocycles. The van der Waals surface area contributed by atoms with E-state index in [1.807, 2.05) is 18.4 Å². The van der Waals surface area contributed by atoms with Crippen LogP contribution < -0.4 is 4.90 Å². The lowest BCUT2D eigenvalue weighted by Gasteiger charge is -2.34. The molecule has 144 valence electrons. The molecule has 3 nitrogen and oxygen atoms in total. The summed E-state index contributed by atoms with van der Waals surface area (Å²) in [5.41, 5.74) is 6.98. The van der Waals surface area contributed by atoms with Crippen LogP contribution in [0.5, 0.6) is 0 Å². The molecule has 1 aliphatic heterocycles. The molecule has 0 saturated carbocycles. The van der Waals surface area contributed by atoms with E-state index in [1.165, 1.54) is 27.8 Å². The topological polar surface area (TPSA) is 20.0 Å². The van der Waals surface area contributed by atoms with Crippen molar-refractivity contribution in [2.45, 2.75) is 6.04 Å². The van der Waals surface area contributed by atoms with Gasteiger partial charge in [0.2, 0.25) is 0 Å². The molecular formula is C26H26N3+. The van der Waals surface area contributed by atoms with Gasteiger partial charge in [-0.2, -0.15) is 5.10 Å². The van der Waals surface area contributed by atoms with Gasteiger partial charge in [0, 0.05) is 17.3 Å². The number of nitrogens with one attached hydrogen (secondary N) is 1. The van der Waals surface area contributed by atoms with Crippen LogP contribution in [-0.2, 0) is 0 Å². The maximum absolute atomic E-state index is 4.66. The first-order chi connectivity index (χ1) is 14.4. The molecule has 3 aromatic carbocycles. The number of fused-ring (bicyclic) bond motifs is 3. The van der Waals surface area contributed by atoms with Crippen molar-refractivity contribution in [1.82, 2.24) is 5.01 Å². The molecule has 0 radical (unpaired) electrons. The van der Waals surface area contributed by atoms with Crippen molar-refractivity contribution >= 4 is 12.3 Å². The minimum atomic E-state index is 0.450. The van der Waals surface area contributed by atoms with Crippen LogP contribution in [0.4, 0.5) is 0 Å². The van der Waals surface area contributed by atoms with E-state index in [0.29, 0.717) is 6.04 Å². The number of hydrogen-bond acceptors (Lipinski definition) is 2. The highest BCUT2D eigenvalue weighted by Crippen LogP contribution is 2.41. The van der Waals surface area contributed by atoms with Gasteiger partial charge in [0.05, 0.1) is 26.2 Å². The SMILES string of the molecule is C(/C=C/c1ccccc1)=N/N1CC[NH+](C2c3ccccc3-c3ccccc32)CC1. The molecule has 0 bridgehead atoms. The third-order valence-corrected chi connectivity index (χ3v) is 6.03. The summed E-state index contributed by atoms with van der Waals surface area (Å²) < 4.78 is 0. The smallest absolute Gasteiger partial charge is 0.140 e. The van der Waals surface area contributed by atoms with Crippen LogP contribution in [0.1, 0.15) is 22.7 Å². The number of allylic oxidation sites excluding steroid dienone is 1. The molecule has 0 atom stereocenters. The van der Waals surface area contributed by atoms with Gasteiger partial charge in [0.15, 0.2) is 0 Å². The van der Waals surface area contributed by atoms with Crippen LogP contribution in [-0.4, -0.2) is 37.4 Å². The molecular weight excluding hydrogens is 354 g/mol. The second kappa shape index (κ2) is 8.06. The summed E-state index contributed by atoms with van der Waals surface area (Å²) in [6.45, 7) is 4.19. The first-order valence-electron chi connectivity index (χ1n) is 10.4. The van der Waals surface area contributed by atoms with Crippen molar-refractivity contribution in [2.24, 2.45) is 5.10 Å². The zero-order chi connectivity index (χ0) is 19.5. The standard InChI is InChI=1S/C26H25N3/c1-2-9-21(10-3-1)11-8-16-27-29-19-17-28(18-20-29)26-24-14-6-4-12-22(24)23-13-5-7-15-25(23)26/h1-16,26H,17-20H2/p+1/b11-8+,27-16-. The first kappa shape index (κ1) is 17.9. The third-order valence-electron chi connectivity index (χ3n) is 6.03. The van der Waals surface area contributed by atoms with Crippen molar-refractivity contribution < 1.29 is 4.90 Å². The van der Waals surface area contributed by atoms with E-state index in [9.17, 15) is 0 Å². The Balaban J connectivity index is 1.25. The van der Waals surface area contributed by atoms with Gasteiger partial charge in [-0.1, -0.05) is 84.9 Å². The van der Waals surface area contributed by atoms with Gasteiger partial charge in [-0.3, -0.25) is 5.01 Å². The maximum Gasteiger partial charge on any atom is 0.140 e. The summed E-state index contributed by atoms with van der Waals surface area (Å²) in [6, 6.07) is 28.6. The normalized spacial score (nSPS) is 17.2. The lowest BCUT2D eigenvalue weighted by molar-refractivity contribution is -0.929. The predicted molar refractivity (Wildman–Crippen MR) is 120 cm³/mol. The summed E-state index contributed by atoms with van der Waals surface area (Å²) in [4.78, 5) is 1.65. The highest BCUT2D eigenvalue weighted by atomic mass is 15.5. The van der Waals surface area contributed by atoms with Crippen LogP contribution in [0.3, 0.4) is 0 Å². The van der Waals surface area contributed by atoms with Crippen LogP contribution in [0.15, 0.2) is 90.0 Å². The number of hydrazone groups is 1. The molecule has 1 saturated heterocycles. The zero-order valence-corrected chi connectivity index (χ0v) is 16.5. The molecule has 1 N–H and O–H groups in total. The summed E-state index contributed by atoms with van der Waals surface area (Å²) in [5, 5.41) is 6.86. The van der Waals surface area contributed by atoms with Gasteiger partial charge in [-0.05, 0) is 22.8 Å². The average molecular weight is 381 g/mol. The first-order valence-corrected chi connectivity index (χ1v) is 10.4. The van der Waals surface area contributed by atoms with Crippen molar-refractivity contribution in [3.8, 4) is 11.1 Å². The highest BCUT2D eigenvalue weighted by Gasteiger charge is 2.37. The largest absolute Gasteiger partial charge is 0.322 e. The Morgan fingerprint density at radius 3 is 2.00 bits per heavy atom. The van der Waals surface area contributed by atoms with Gasteiger partial charge in [-0.15, -0.1) is 0 Å². The number of piperazine rings is 1. The molecule has 0 unspecified atom stereocenters. The second-order valence-electron chi connectivity index (χ2n) is 7.75. The zero-order valence-electron chi connectivity index (χ0n) is 16.5. The van der Waals surface area contributed by atoms with Crippen LogP contribution in [0.2, 0.25) is 0 Å². The number of hydrogen-bond donors (Lipinski definition) is 1. The van der Waals surface area contributed by atoms with E-state index >= 15 is 0 Å². The Labute approximate surface area is 172 Å². The lowest BCUT2D eigenvalue weighted by atomic mass is 10.0. The van der Waals surface area contributed by atoms with E-state index in [4.69, 9.17) is 0 Å². The summed E-state index contributed by atoms with van der Waals surface area (Å²) in [6.07, 6.45) is 6.04. The Hall–Kier alpha value is -3.17. The Bertz CT molecular complexity index is 985. The fourth-order valence-corrected chi connectivity index (χ4v) is 4.63. The van der Waals surface area contributed by atoms with Crippen molar-refractivity contribution in [2.75, 3.05) is 26.2 Å². The number of benzene rings is 3. The van der Waals surface area contributed by atoms with Gasteiger partial charge >= 0.3 is 0 Å². The fourth-order valence-electron chi connectivity index (χ4n) is 4.63. The van der Waals surface area contributed by atoms with E-state index < -0.39 is 0 Å². The molecule has 0 amide bonds. The third kappa shape index (κ3) is 3.62. The Kier molecular flexibility index (Phi) is 4.97. The van der Waals surface area contributed by atoms with E-state index in [1.54, 1.807) is 4.90 Å². The van der Waals surface area contributed by atoms with Crippen LogP contribution >= 0.6 is 0 Å². The molecule has 3 aromatic rings. The monoisotopic (exact) mass is 380 g/mol. The summed E-state index contributed by atoms with van der Waals surface area (Å²) >= 11 is 0. The van der Waals surface area contributed by atoms with Gasteiger partial charge < -0.3 is 4.90 Å². The quantitative estimate of drug-likeness (QED) is 0.685. The highest BCUT2D eigenvalue weighted by molar-refractivity contribution is 5.78. The van der Waals surface area contributed by atoms with Crippen LogP contribution in [0.25, 0.3) is 17.2 Å². The Morgan fingerprint density at radius 1 is 0.759 bits per heavy atom. The van der Waals surface area contributed by atoms with Crippen molar-refractivity contribution in [3.05, 3.63) is 102 Å². The molecule has 0 aromatic heterocycles. The maximum atomic E-state index is 4.66. The van der Waals surface area contributed by atoms with Crippen molar-refractivity contribution in [1.29, 1.82) is 0 Å². The molecule has 1 heterocycles. The number of quaternary nitrogens is 1. The second-order valence-corrected chi connectivity index (χ2v) is 7.75. The number of nitrogens with zero attached hydrogens (tertiary/aromatic N) is 2.